The Morgan fingerprint density at radius 1 is 1.04 bits per heavy atom. The van der Waals surface area contributed by atoms with Gasteiger partial charge < -0.3 is 4.74 Å². The number of carbonyl (C=O) groups is 1. The van der Waals surface area contributed by atoms with Gasteiger partial charge in [0.15, 0.2) is 0 Å². The van der Waals surface area contributed by atoms with Crippen LogP contribution in [-0.2, 0) is 14.8 Å². The smallest absolute Gasteiger partial charge is 0.338 e. The Hall–Kier alpha value is -2.34. The van der Waals surface area contributed by atoms with Gasteiger partial charge >= 0.3 is 5.97 Å². The average molecular weight is 347 g/mol. The number of carbonyl (C=O) groups excluding carboxylic acids is 1. The highest BCUT2D eigenvalue weighted by molar-refractivity contribution is 7.92. The van der Waals surface area contributed by atoms with Crippen molar-refractivity contribution >= 4 is 21.7 Å². The van der Waals surface area contributed by atoms with Crippen LogP contribution in [-0.4, -0.2) is 28.0 Å². The number of hydrogen-bond acceptors (Lipinski definition) is 4. The van der Waals surface area contributed by atoms with Gasteiger partial charge in [-0.3, -0.25) is 4.31 Å². The van der Waals surface area contributed by atoms with E-state index in [1.807, 2.05) is 19.9 Å². The summed E-state index contributed by atoms with van der Waals surface area (Å²) >= 11 is 0. The van der Waals surface area contributed by atoms with Gasteiger partial charge in [0.05, 0.1) is 22.8 Å². The van der Waals surface area contributed by atoms with Crippen molar-refractivity contribution in [1.82, 2.24) is 0 Å². The van der Waals surface area contributed by atoms with E-state index in [-0.39, 0.29) is 10.8 Å². The number of rotatable bonds is 6. The van der Waals surface area contributed by atoms with E-state index in [0.29, 0.717) is 17.9 Å². The topological polar surface area (TPSA) is 63.7 Å². The van der Waals surface area contributed by atoms with E-state index < -0.39 is 16.0 Å². The highest BCUT2D eigenvalue weighted by Crippen LogP contribution is 2.22. The zero-order valence-corrected chi connectivity index (χ0v) is 14.8. The van der Waals surface area contributed by atoms with Crippen LogP contribution in [0.2, 0.25) is 0 Å². The Kier molecular flexibility index (Phi) is 5.62. The fourth-order valence-electron chi connectivity index (χ4n) is 2.02. The minimum atomic E-state index is -3.68. The summed E-state index contributed by atoms with van der Waals surface area (Å²) in [6.45, 7) is 4.22. The number of para-hydroxylation sites is 1. The Balaban J connectivity index is 2.19. The standard InChI is InChI=1S/C18H21NO4S/c1-14(2)13-23-18(20)15-9-11-17(12-10-15)24(21,22)19(3)16-7-5-4-6-8-16/h4-12,14H,13H2,1-3H3. The predicted octanol–water partition coefficient (Wildman–Crippen LogP) is 3.32. The van der Waals surface area contributed by atoms with Crippen molar-refractivity contribution in [1.29, 1.82) is 0 Å². The van der Waals surface area contributed by atoms with Gasteiger partial charge in [-0.1, -0.05) is 32.0 Å². The largest absolute Gasteiger partial charge is 0.462 e. The van der Waals surface area contributed by atoms with Crippen LogP contribution in [0, 0.1) is 5.92 Å². The van der Waals surface area contributed by atoms with Crippen molar-refractivity contribution in [3.63, 3.8) is 0 Å². The monoisotopic (exact) mass is 347 g/mol. The van der Waals surface area contributed by atoms with Crippen molar-refractivity contribution in [2.24, 2.45) is 5.92 Å². The molecule has 128 valence electrons. The molecule has 5 nitrogen and oxygen atoms in total. The van der Waals surface area contributed by atoms with Crippen molar-refractivity contribution < 1.29 is 17.9 Å². The second-order valence-electron chi connectivity index (χ2n) is 5.82. The third-order valence-electron chi connectivity index (χ3n) is 3.42. The van der Waals surface area contributed by atoms with E-state index in [1.165, 1.54) is 35.6 Å². The fraction of sp³-hybridized carbons (Fsp3) is 0.278. The summed E-state index contributed by atoms with van der Waals surface area (Å²) in [6, 6.07) is 14.6. The number of sulfonamides is 1. The van der Waals surface area contributed by atoms with Crippen molar-refractivity contribution in [2.45, 2.75) is 18.7 Å². The molecule has 0 spiro atoms. The average Bonchev–Trinajstić information content (AvgIpc) is 2.59. The number of hydrogen-bond donors (Lipinski definition) is 0. The molecule has 0 aliphatic rings. The van der Waals surface area contributed by atoms with Gasteiger partial charge in [-0.2, -0.15) is 0 Å². The Morgan fingerprint density at radius 3 is 2.17 bits per heavy atom. The van der Waals surface area contributed by atoms with Gasteiger partial charge in [0.25, 0.3) is 10.0 Å². The molecule has 0 aromatic heterocycles. The number of benzene rings is 2. The second kappa shape index (κ2) is 7.49. The maximum atomic E-state index is 12.6. The van der Waals surface area contributed by atoms with E-state index in [2.05, 4.69) is 0 Å². The van der Waals surface area contributed by atoms with Crippen LogP contribution in [0.4, 0.5) is 5.69 Å². The van der Waals surface area contributed by atoms with E-state index in [4.69, 9.17) is 4.74 Å². The third kappa shape index (κ3) is 4.14. The zero-order valence-electron chi connectivity index (χ0n) is 14.0. The second-order valence-corrected chi connectivity index (χ2v) is 7.79. The summed E-state index contributed by atoms with van der Waals surface area (Å²) in [5.41, 5.74) is 0.898. The maximum absolute atomic E-state index is 12.6. The normalized spacial score (nSPS) is 11.3. The molecular formula is C18H21NO4S. The van der Waals surface area contributed by atoms with Gasteiger partial charge in [0.1, 0.15) is 0 Å². The van der Waals surface area contributed by atoms with E-state index >= 15 is 0 Å². The number of nitrogens with zero attached hydrogens (tertiary/aromatic N) is 1. The SMILES string of the molecule is CC(C)COC(=O)c1ccc(S(=O)(=O)N(C)c2ccccc2)cc1. The molecule has 0 saturated carbocycles. The van der Waals surface area contributed by atoms with Crippen LogP contribution < -0.4 is 4.31 Å². The van der Waals surface area contributed by atoms with Crippen molar-refractivity contribution in [2.75, 3.05) is 18.0 Å². The first-order chi connectivity index (χ1) is 11.3. The minimum absolute atomic E-state index is 0.120. The van der Waals surface area contributed by atoms with E-state index in [1.54, 1.807) is 24.3 Å². The van der Waals surface area contributed by atoms with E-state index in [0.717, 1.165) is 0 Å². The molecule has 0 amide bonds. The molecule has 0 N–H and O–H groups in total. The van der Waals surface area contributed by atoms with Gasteiger partial charge in [0.2, 0.25) is 0 Å². The zero-order chi connectivity index (χ0) is 17.7. The quantitative estimate of drug-likeness (QED) is 0.752. The Bertz CT molecular complexity index is 784. The third-order valence-corrected chi connectivity index (χ3v) is 5.22. The number of esters is 1. The highest BCUT2D eigenvalue weighted by atomic mass is 32.2. The van der Waals surface area contributed by atoms with Crippen molar-refractivity contribution in [3.05, 3.63) is 60.2 Å². The van der Waals surface area contributed by atoms with Gasteiger partial charge in [-0.25, -0.2) is 13.2 Å². The molecule has 2 aromatic rings. The van der Waals surface area contributed by atoms with Gasteiger partial charge in [0, 0.05) is 7.05 Å². The minimum Gasteiger partial charge on any atom is -0.462 e. The molecule has 0 heterocycles. The fourth-order valence-corrected chi connectivity index (χ4v) is 3.22. The lowest BCUT2D eigenvalue weighted by Gasteiger charge is -2.19. The van der Waals surface area contributed by atoms with E-state index in [9.17, 15) is 13.2 Å². The van der Waals surface area contributed by atoms with Crippen LogP contribution in [0.15, 0.2) is 59.5 Å². The van der Waals surface area contributed by atoms with Gasteiger partial charge in [-0.15, -0.1) is 0 Å². The van der Waals surface area contributed by atoms with Crippen LogP contribution in [0.5, 0.6) is 0 Å². The first kappa shape index (κ1) is 18.0. The lowest BCUT2D eigenvalue weighted by atomic mass is 10.2. The maximum Gasteiger partial charge on any atom is 0.338 e. The number of anilines is 1. The highest BCUT2D eigenvalue weighted by Gasteiger charge is 2.21. The molecule has 0 radical (unpaired) electrons. The summed E-state index contributed by atoms with van der Waals surface area (Å²) in [5, 5.41) is 0. The lowest BCUT2D eigenvalue weighted by Crippen LogP contribution is -2.26. The molecule has 0 atom stereocenters. The van der Waals surface area contributed by atoms with Crippen LogP contribution >= 0.6 is 0 Å². The summed E-state index contributed by atoms with van der Waals surface area (Å²) in [4.78, 5) is 12.0. The first-order valence-corrected chi connectivity index (χ1v) is 9.07. The molecule has 24 heavy (non-hydrogen) atoms. The lowest BCUT2D eigenvalue weighted by molar-refractivity contribution is 0.0459. The molecule has 0 aliphatic heterocycles. The molecule has 2 rings (SSSR count). The van der Waals surface area contributed by atoms with Gasteiger partial charge in [-0.05, 0) is 42.3 Å². The van der Waals surface area contributed by atoms with Crippen molar-refractivity contribution in [3.8, 4) is 0 Å². The van der Waals surface area contributed by atoms with Crippen LogP contribution in [0.25, 0.3) is 0 Å². The molecule has 6 heteroatoms. The number of ether oxygens (including phenoxy) is 1. The Labute approximate surface area is 142 Å². The molecule has 0 aliphatic carbocycles. The molecule has 0 unspecified atom stereocenters. The first-order valence-electron chi connectivity index (χ1n) is 7.63. The summed E-state index contributed by atoms with van der Waals surface area (Å²) in [5.74, 6) is -0.211. The molecule has 2 aromatic carbocycles. The molecule has 0 fully saturated rings. The predicted molar refractivity (Wildman–Crippen MR) is 93.6 cm³/mol. The summed E-state index contributed by atoms with van der Waals surface area (Å²) in [6.07, 6.45) is 0. The Morgan fingerprint density at radius 2 is 1.62 bits per heavy atom. The summed E-state index contributed by atoms with van der Waals surface area (Å²) in [7, 11) is -2.18. The molecular weight excluding hydrogens is 326 g/mol. The molecule has 0 saturated heterocycles. The van der Waals surface area contributed by atoms with Crippen LogP contribution in [0.3, 0.4) is 0 Å². The molecule has 0 bridgehead atoms. The van der Waals surface area contributed by atoms with Crippen LogP contribution in [0.1, 0.15) is 24.2 Å². The summed E-state index contributed by atoms with van der Waals surface area (Å²) < 4.78 is 31.6.